The number of hydrogen-bond acceptors (Lipinski definition) is 7. The summed E-state index contributed by atoms with van der Waals surface area (Å²) in [5.41, 5.74) is 0.556. The van der Waals surface area contributed by atoms with Gasteiger partial charge < -0.3 is 10.0 Å². The molecule has 0 unspecified atom stereocenters. The number of anilines is 2. The molecule has 3 rings (SSSR count). The fourth-order valence-electron chi connectivity index (χ4n) is 2.83. The van der Waals surface area contributed by atoms with Crippen molar-refractivity contribution >= 4 is 34.7 Å². The Morgan fingerprint density at radius 2 is 1.97 bits per heavy atom. The second-order valence-corrected chi connectivity index (χ2v) is 7.79. The van der Waals surface area contributed by atoms with E-state index in [0.29, 0.717) is 17.1 Å². The lowest BCUT2D eigenvalue weighted by Gasteiger charge is -2.15. The Morgan fingerprint density at radius 1 is 1.23 bits per heavy atom. The average Bonchev–Trinajstić information content (AvgIpc) is 2.70. The molecule has 0 saturated carbocycles. The standard InChI is InChI=1S/C19H20F4N6OS/c1-10(2)29-16-14(9-25-18(24-3)27-16)26-15(17(29)30)11-4-5-13(12(20)8-11)28-31-7-6-19(21,22)23/h4-5,8-10,28H,6-7H2,1-3H3,(H,24,25,27). The number of alkyl halides is 3. The van der Waals surface area contributed by atoms with Crippen LogP contribution in [0.3, 0.4) is 0 Å². The number of rotatable bonds is 7. The van der Waals surface area contributed by atoms with E-state index in [1.165, 1.54) is 22.9 Å². The van der Waals surface area contributed by atoms with Crippen LogP contribution in [0.2, 0.25) is 0 Å². The summed E-state index contributed by atoms with van der Waals surface area (Å²) in [7, 11) is 1.65. The maximum Gasteiger partial charge on any atom is 0.389 e. The molecule has 0 radical (unpaired) electrons. The molecule has 0 fully saturated rings. The van der Waals surface area contributed by atoms with Crippen LogP contribution in [0, 0.1) is 5.82 Å². The smallest absolute Gasteiger partial charge is 0.357 e. The molecule has 0 spiro atoms. The lowest BCUT2D eigenvalue weighted by molar-refractivity contribution is -0.129. The molecule has 0 amide bonds. The van der Waals surface area contributed by atoms with Crippen LogP contribution in [0.4, 0.5) is 29.2 Å². The van der Waals surface area contributed by atoms with Gasteiger partial charge in [0, 0.05) is 24.4 Å². The number of halogens is 4. The zero-order valence-corrected chi connectivity index (χ0v) is 17.7. The third-order valence-electron chi connectivity index (χ3n) is 4.28. The van der Waals surface area contributed by atoms with E-state index >= 15 is 0 Å². The quantitative estimate of drug-likeness (QED) is 0.305. The predicted octanol–water partition coefficient (Wildman–Crippen LogP) is 4.63. The molecule has 12 heteroatoms. The van der Waals surface area contributed by atoms with Crippen LogP contribution in [-0.4, -0.2) is 38.5 Å². The van der Waals surface area contributed by atoms with Crippen molar-refractivity contribution in [3.63, 3.8) is 0 Å². The van der Waals surface area contributed by atoms with Crippen LogP contribution in [0.5, 0.6) is 0 Å². The van der Waals surface area contributed by atoms with Gasteiger partial charge in [-0.3, -0.25) is 9.36 Å². The normalized spacial score (nSPS) is 11.9. The monoisotopic (exact) mass is 456 g/mol. The number of aromatic nitrogens is 4. The van der Waals surface area contributed by atoms with Gasteiger partial charge in [-0.15, -0.1) is 0 Å². The molecule has 0 aliphatic rings. The summed E-state index contributed by atoms with van der Waals surface area (Å²) >= 11 is 0.750. The van der Waals surface area contributed by atoms with Gasteiger partial charge >= 0.3 is 6.18 Å². The fourth-order valence-corrected chi connectivity index (χ4v) is 3.59. The summed E-state index contributed by atoms with van der Waals surface area (Å²) in [6, 6.07) is 3.72. The molecule has 0 aliphatic heterocycles. The Bertz CT molecular complexity index is 1150. The molecule has 0 atom stereocenters. The molecule has 31 heavy (non-hydrogen) atoms. The van der Waals surface area contributed by atoms with Crippen molar-refractivity contribution in [3.8, 4) is 11.3 Å². The molecule has 2 heterocycles. The number of benzene rings is 1. The minimum Gasteiger partial charge on any atom is -0.357 e. The first-order chi connectivity index (χ1) is 14.6. The number of nitrogens with one attached hydrogen (secondary N) is 2. The summed E-state index contributed by atoms with van der Waals surface area (Å²) in [6.07, 6.45) is -3.79. The Morgan fingerprint density at radius 3 is 2.58 bits per heavy atom. The lowest BCUT2D eigenvalue weighted by atomic mass is 10.1. The van der Waals surface area contributed by atoms with E-state index in [2.05, 4.69) is 25.0 Å². The van der Waals surface area contributed by atoms with Gasteiger partial charge in [-0.1, -0.05) is 18.0 Å². The number of fused-ring (bicyclic) bond motifs is 1. The van der Waals surface area contributed by atoms with E-state index < -0.39 is 24.0 Å². The van der Waals surface area contributed by atoms with Crippen molar-refractivity contribution < 1.29 is 17.6 Å². The van der Waals surface area contributed by atoms with Crippen molar-refractivity contribution in [2.75, 3.05) is 22.8 Å². The summed E-state index contributed by atoms with van der Waals surface area (Å²) in [6.45, 7) is 3.63. The van der Waals surface area contributed by atoms with Gasteiger partial charge in [0.1, 0.15) is 17.0 Å². The average molecular weight is 456 g/mol. The van der Waals surface area contributed by atoms with Crippen molar-refractivity contribution in [3.05, 3.63) is 40.6 Å². The molecule has 0 saturated heterocycles. The van der Waals surface area contributed by atoms with Crippen LogP contribution in [-0.2, 0) is 0 Å². The van der Waals surface area contributed by atoms with Crippen LogP contribution in [0.1, 0.15) is 26.3 Å². The highest BCUT2D eigenvalue weighted by Gasteiger charge is 2.26. The number of nitrogens with zero attached hydrogens (tertiary/aromatic N) is 4. The Labute approximate surface area is 179 Å². The highest BCUT2D eigenvalue weighted by molar-refractivity contribution is 8.00. The summed E-state index contributed by atoms with van der Waals surface area (Å²) in [5, 5.41) is 2.81. The lowest BCUT2D eigenvalue weighted by Crippen LogP contribution is -2.26. The maximum atomic E-state index is 14.5. The van der Waals surface area contributed by atoms with E-state index in [1.54, 1.807) is 7.05 Å². The minimum absolute atomic E-state index is 0.0166. The molecule has 2 N–H and O–H groups in total. The first-order valence-electron chi connectivity index (χ1n) is 9.32. The Hall–Kier alpha value is -2.89. The third kappa shape index (κ3) is 5.24. The molecule has 2 aromatic heterocycles. The Kier molecular flexibility index (Phi) is 6.68. The van der Waals surface area contributed by atoms with E-state index in [4.69, 9.17) is 0 Å². The van der Waals surface area contributed by atoms with Gasteiger partial charge in [-0.2, -0.15) is 18.2 Å². The van der Waals surface area contributed by atoms with Crippen LogP contribution in [0.25, 0.3) is 22.4 Å². The van der Waals surface area contributed by atoms with Gasteiger partial charge in [-0.25, -0.2) is 14.4 Å². The van der Waals surface area contributed by atoms with Gasteiger partial charge in [0.05, 0.1) is 18.3 Å². The van der Waals surface area contributed by atoms with Gasteiger partial charge in [0.25, 0.3) is 5.56 Å². The molecular formula is C19H20F4N6OS. The highest BCUT2D eigenvalue weighted by atomic mass is 32.2. The molecule has 0 aliphatic carbocycles. The third-order valence-corrected chi connectivity index (χ3v) is 5.06. The topological polar surface area (TPSA) is 84.7 Å². The van der Waals surface area contributed by atoms with Crippen LogP contribution < -0.4 is 15.6 Å². The second-order valence-electron chi connectivity index (χ2n) is 6.89. The first kappa shape index (κ1) is 22.8. The van der Waals surface area contributed by atoms with E-state index in [0.717, 1.165) is 18.0 Å². The first-order valence-corrected chi connectivity index (χ1v) is 10.3. The Balaban J connectivity index is 1.95. The van der Waals surface area contributed by atoms with E-state index in [-0.39, 0.29) is 28.7 Å². The van der Waals surface area contributed by atoms with Gasteiger partial charge in [-0.05, 0) is 26.0 Å². The minimum atomic E-state index is -4.27. The van der Waals surface area contributed by atoms with E-state index in [1.807, 2.05) is 13.8 Å². The molecule has 1 aromatic carbocycles. The summed E-state index contributed by atoms with van der Waals surface area (Å²) < 4.78 is 55.2. The van der Waals surface area contributed by atoms with Crippen LogP contribution >= 0.6 is 11.9 Å². The molecule has 0 bridgehead atoms. The second kappa shape index (κ2) is 9.08. The van der Waals surface area contributed by atoms with E-state index in [9.17, 15) is 22.4 Å². The zero-order valence-electron chi connectivity index (χ0n) is 16.9. The maximum absolute atomic E-state index is 14.5. The largest absolute Gasteiger partial charge is 0.389 e. The zero-order chi connectivity index (χ0) is 22.8. The predicted molar refractivity (Wildman–Crippen MR) is 114 cm³/mol. The highest BCUT2D eigenvalue weighted by Crippen LogP contribution is 2.27. The van der Waals surface area contributed by atoms with Crippen LogP contribution in [0.15, 0.2) is 29.2 Å². The summed E-state index contributed by atoms with van der Waals surface area (Å²) in [5.74, 6) is -0.638. The SMILES string of the molecule is CNc1ncc2nc(-c3ccc(NSCCC(F)(F)F)c(F)c3)c(=O)n(C(C)C)c2n1. The van der Waals surface area contributed by atoms with Crippen molar-refractivity contribution in [2.24, 2.45) is 0 Å². The van der Waals surface area contributed by atoms with Gasteiger partial charge in [0.15, 0.2) is 5.65 Å². The molecule has 7 nitrogen and oxygen atoms in total. The fraction of sp³-hybridized carbons (Fsp3) is 0.368. The molecule has 3 aromatic rings. The van der Waals surface area contributed by atoms with Crippen molar-refractivity contribution in [1.82, 2.24) is 19.5 Å². The number of hydrogen-bond donors (Lipinski definition) is 2. The van der Waals surface area contributed by atoms with Gasteiger partial charge in [0.2, 0.25) is 5.95 Å². The molecule has 166 valence electrons. The summed E-state index contributed by atoms with van der Waals surface area (Å²) in [4.78, 5) is 25.9. The van der Waals surface area contributed by atoms with Crippen molar-refractivity contribution in [2.45, 2.75) is 32.5 Å². The molecular weight excluding hydrogens is 436 g/mol. The van der Waals surface area contributed by atoms with Crippen molar-refractivity contribution in [1.29, 1.82) is 0 Å².